The van der Waals surface area contributed by atoms with E-state index in [4.69, 9.17) is 0 Å². The van der Waals surface area contributed by atoms with E-state index in [-0.39, 0.29) is 0 Å². The Kier molecular flexibility index (Phi) is 11.0. The fourth-order valence-electron chi connectivity index (χ4n) is 1.20. The summed E-state index contributed by atoms with van der Waals surface area (Å²) in [5.74, 6) is 3.10. The van der Waals surface area contributed by atoms with E-state index in [1.807, 2.05) is 0 Å². The standard InChI is InChI=1S/C11H24O2S2/c1-3-5-8-14(12)10-7-11-15(13)9-6-4-2/h3-11H2,1-2H3. The first-order valence-corrected chi connectivity index (χ1v) is 8.88. The first-order chi connectivity index (χ1) is 7.20. The average molecular weight is 252 g/mol. The molecular weight excluding hydrogens is 228 g/mol. The summed E-state index contributed by atoms with van der Waals surface area (Å²) in [4.78, 5) is 0. The highest BCUT2D eigenvalue weighted by atomic mass is 32.2. The van der Waals surface area contributed by atoms with Crippen LogP contribution in [0.3, 0.4) is 0 Å². The van der Waals surface area contributed by atoms with E-state index in [1.165, 1.54) is 0 Å². The van der Waals surface area contributed by atoms with Crippen LogP contribution in [-0.2, 0) is 21.6 Å². The predicted octanol–water partition coefficient (Wildman–Crippen LogP) is 2.47. The van der Waals surface area contributed by atoms with Gasteiger partial charge in [-0.15, -0.1) is 0 Å². The van der Waals surface area contributed by atoms with Gasteiger partial charge in [0, 0.05) is 44.6 Å². The van der Waals surface area contributed by atoms with E-state index < -0.39 is 21.6 Å². The lowest BCUT2D eigenvalue weighted by atomic mass is 10.4. The molecule has 2 nitrogen and oxygen atoms in total. The van der Waals surface area contributed by atoms with Gasteiger partial charge in [-0.05, 0) is 19.3 Å². The lowest BCUT2D eigenvalue weighted by molar-refractivity contribution is 0.674. The number of rotatable bonds is 10. The Balaban J connectivity index is 3.36. The summed E-state index contributed by atoms with van der Waals surface area (Å²) in [7, 11) is -1.35. The van der Waals surface area contributed by atoms with Gasteiger partial charge in [0.15, 0.2) is 0 Å². The molecule has 15 heavy (non-hydrogen) atoms. The van der Waals surface area contributed by atoms with Crippen molar-refractivity contribution in [2.24, 2.45) is 0 Å². The molecule has 0 rings (SSSR count). The summed E-state index contributed by atoms with van der Waals surface area (Å²) < 4.78 is 22.8. The van der Waals surface area contributed by atoms with Crippen LogP contribution in [0.4, 0.5) is 0 Å². The fourth-order valence-corrected chi connectivity index (χ4v) is 3.94. The fraction of sp³-hybridized carbons (Fsp3) is 1.00. The Morgan fingerprint density at radius 1 is 0.667 bits per heavy atom. The largest absolute Gasteiger partial charge is 0.260 e. The molecule has 0 saturated heterocycles. The van der Waals surface area contributed by atoms with Crippen molar-refractivity contribution in [1.29, 1.82) is 0 Å². The van der Waals surface area contributed by atoms with Crippen LogP contribution < -0.4 is 0 Å². The first-order valence-electron chi connectivity index (χ1n) is 5.90. The quantitative estimate of drug-likeness (QED) is 0.598. The lowest BCUT2D eigenvalue weighted by Crippen LogP contribution is -2.08. The van der Waals surface area contributed by atoms with Gasteiger partial charge in [-0.25, -0.2) is 0 Å². The Hall–Kier alpha value is 0.300. The Morgan fingerprint density at radius 3 is 1.33 bits per heavy atom. The minimum Gasteiger partial charge on any atom is -0.260 e. The van der Waals surface area contributed by atoms with Crippen molar-refractivity contribution in [1.82, 2.24) is 0 Å². The van der Waals surface area contributed by atoms with Crippen molar-refractivity contribution >= 4 is 21.6 Å². The minimum atomic E-state index is -0.676. The minimum absolute atomic E-state index is 0.676. The van der Waals surface area contributed by atoms with Crippen LogP contribution in [0.2, 0.25) is 0 Å². The molecule has 0 aromatic heterocycles. The first kappa shape index (κ1) is 15.3. The van der Waals surface area contributed by atoms with Crippen molar-refractivity contribution < 1.29 is 8.42 Å². The molecule has 0 aromatic rings. The Morgan fingerprint density at radius 2 is 1.00 bits per heavy atom. The van der Waals surface area contributed by atoms with Crippen molar-refractivity contribution in [2.75, 3.05) is 23.0 Å². The van der Waals surface area contributed by atoms with Gasteiger partial charge in [0.2, 0.25) is 0 Å². The third-order valence-electron chi connectivity index (χ3n) is 2.20. The maximum atomic E-state index is 11.4. The molecule has 0 aliphatic rings. The topological polar surface area (TPSA) is 34.1 Å². The van der Waals surface area contributed by atoms with Crippen LogP contribution in [-0.4, -0.2) is 31.4 Å². The zero-order valence-corrected chi connectivity index (χ0v) is 11.6. The molecule has 2 atom stereocenters. The van der Waals surface area contributed by atoms with Gasteiger partial charge in [-0.3, -0.25) is 8.42 Å². The molecule has 0 aromatic carbocycles. The molecule has 4 heteroatoms. The van der Waals surface area contributed by atoms with Crippen LogP contribution in [0.5, 0.6) is 0 Å². The lowest BCUT2D eigenvalue weighted by Gasteiger charge is -2.02. The normalized spacial score (nSPS) is 15.1. The van der Waals surface area contributed by atoms with Gasteiger partial charge in [0.25, 0.3) is 0 Å². The monoisotopic (exact) mass is 252 g/mol. The molecule has 0 fully saturated rings. The second kappa shape index (κ2) is 10.8. The van der Waals surface area contributed by atoms with E-state index in [9.17, 15) is 8.42 Å². The van der Waals surface area contributed by atoms with Crippen LogP contribution in [0.1, 0.15) is 46.0 Å². The molecule has 0 saturated carbocycles. The summed E-state index contributed by atoms with van der Waals surface area (Å²) in [6.07, 6.45) is 5.16. The number of unbranched alkanes of at least 4 members (excludes halogenated alkanes) is 2. The van der Waals surface area contributed by atoms with E-state index >= 15 is 0 Å². The molecule has 2 unspecified atom stereocenters. The average Bonchev–Trinajstić information content (AvgIpc) is 2.23. The summed E-state index contributed by atoms with van der Waals surface area (Å²) in [6, 6.07) is 0. The molecule has 92 valence electrons. The van der Waals surface area contributed by atoms with Gasteiger partial charge in [0.1, 0.15) is 0 Å². The van der Waals surface area contributed by atoms with Gasteiger partial charge in [0.05, 0.1) is 0 Å². The highest BCUT2D eigenvalue weighted by molar-refractivity contribution is 7.85. The molecule has 0 amide bonds. The molecular formula is C11H24O2S2. The van der Waals surface area contributed by atoms with Gasteiger partial charge < -0.3 is 0 Å². The third kappa shape index (κ3) is 10.6. The molecule has 0 heterocycles. The van der Waals surface area contributed by atoms with E-state index in [0.29, 0.717) is 0 Å². The van der Waals surface area contributed by atoms with E-state index in [2.05, 4.69) is 13.8 Å². The smallest absolute Gasteiger partial charge is 0.0243 e. The molecule has 0 N–H and O–H groups in total. The van der Waals surface area contributed by atoms with Crippen LogP contribution in [0.25, 0.3) is 0 Å². The summed E-state index contributed by atoms with van der Waals surface area (Å²) in [5, 5.41) is 0. The summed E-state index contributed by atoms with van der Waals surface area (Å²) >= 11 is 0. The van der Waals surface area contributed by atoms with E-state index in [1.54, 1.807) is 0 Å². The zero-order valence-electron chi connectivity index (χ0n) is 10.00. The Bertz CT molecular complexity index is 173. The molecule has 0 spiro atoms. The van der Waals surface area contributed by atoms with Crippen molar-refractivity contribution in [3.8, 4) is 0 Å². The summed E-state index contributed by atoms with van der Waals surface area (Å²) in [5.41, 5.74) is 0. The highest BCUT2D eigenvalue weighted by Gasteiger charge is 2.02. The van der Waals surface area contributed by atoms with E-state index in [0.717, 1.165) is 55.1 Å². The Labute approximate surface area is 99.1 Å². The van der Waals surface area contributed by atoms with Gasteiger partial charge in [-0.1, -0.05) is 26.7 Å². The molecule has 0 bridgehead atoms. The number of hydrogen-bond donors (Lipinski definition) is 0. The van der Waals surface area contributed by atoms with Crippen LogP contribution >= 0.6 is 0 Å². The van der Waals surface area contributed by atoms with Crippen LogP contribution in [0, 0.1) is 0 Å². The second-order valence-electron chi connectivity index (χ2n) is 3.76. The third-order valence-corrected chi connectivity index (χ3v) is 5.17. The molecule has 0 radical (unpaired) electrons. The number of hydrogen-bond acceptors (Lipinski definition) is 2. The van der Waals surface area contributed by atoms with Crippen molar-refractivity contribution in [3.05, 3.63) is 0 Å². The van der Waals surface area contributed by atoms with Crippen LogP contribution in [0.15, 0.2) is 0 Å². The zero-order chi connectivity index (χ0) is 11.5. The van der Waals surface area contributed by atoms with Gasteiger partial charge >= 0.3 is 0 Å². The van der Waals surface area contributed by atoms with Crippen molar-refractivity contribution in [2.45, 2.75) is 46.0 Å². The van der Waals surface area contributed by atoms with Crippen molar-refractivity contribution in [3.63, 3.8) is 0 Å². The molecule has 0 aliphatic carbocycles. The molecule has 0 aliphatic heterocycles. The van der Waals surface area contributed by atoms with Gasteiger partial charge in [-0.2, -0.15) is 0 Å². The second-order valence-corrected chi connectivity index (χ2v) is 7.15. The highest BCUT2D eigenvalue weighted by Crippen LogP contribution is 1.98. The summed E-state index contributed by atoms with van der Waals surface area (Å²) in [6.45, 7) is 4.22. The maximum absolute atomic E-state index is 11.4. The predicted molar refractivity (Wildman–Crippen MR) is 70.2 cm³/mol. The SMILES string of the molecule is CCCCS(=O)CCCS(=O)CCCC. The maximum Gasteiger partial charge on any atom is 0.0243 e.